The van der Waals surface area contributed by atoms with E-state index in [1.165, 1.54) is 27.8 Å². The number of halogens is 1. The van der Waals surface area contributed by atoms with E-state index in [-0.39, 0.29) is 5.82 Å². The molecule has 0 bridgehead atoms. The van der Waals surface area contributed by atoms with Crippen molar-refractivity contribution in [3.05, 3.63) is 101 Å². The lowest BCUT2D eigenvalue weighted by Gasteiger charge is -2.14. The summed E-state index contributed by atoms with van der Waals surface area (Å²) in [4.78, 5) is 17.6. The molecule has 4 aromatic rings. The van der Waals surface area contributed by atoms with E-state index in [1.807, 2.05) is 12.1 Å². The number of alkyl halides is 1. The second-order valence-corrected chi connectivity index (χ2v) is 9.12. The van der Waals surface area contributed by atoms with Crippen molar-refractivity contribution in [1.29, 1.82) is 0 Å². The zero-order valence-corrected chi connectivity index (χ0v) is 19.7. The molecule has 2 N–H and O–H groups in total. The van der Waals surface area contributed by atoms with Crippen molar-refractivity contribution in [3.63, 3.8) is 0 Å². The molecule has 3 aromatic carbocycles. The molecule has 0 aliphatic carbocycles. The largest absolute Gasteiger partial charge is 0.363 e. The second kappa shape index (κ2) is 9.80. The number of nitrogens with two attached hydrogens (primary N) is 1. The number of aryl methyl sites for hydroxylation is 1. The Hall–Kier alpha value is -3.84. The fourth-order valence-electron chi connectivity index (χ4n) is 4.53. The summed E-state index contributed by atoms with van der Waals surface area (Å²) in [6.45, 7) is 3.98. The summed E-state index contributed by atoms with van der Waals surface area (Å²) in [5, 5.41) is 4.18. The smallest absolute Gasteiger partial charge is 0.288 e. The van der Waals surface area contributed by atoms with Gasteiger partial charge in [0, 0.05) is 19.6 Å². The van der Waals surface area contributed by atoms with Gasteiger partial charge in [-0.1, -0.05) is 60.7 Å². The summed E-state index contributed by atoms with van der Waals surface area (Å²) in [6.07, 6.45) is 0.779. The van der Waals surface area contributed by atoms with Gasteiger partial charge in [0.25, 0.3) is 5.91 Å². The number of aromatic nitrogens is 3. The Morgan fingerprint density at radius 1 is 0.943 bits per heavy atom. The van der Waals surface area contributed by atoms with Gasteiger partial charge in [-0.25, -0.2) is 14.1 Å². The summed E-state index contributed by atoms with van der Waals surface area (Å²) < 4.78 is 15.0. The molecular formula is C28H28FN5O. The van der Waals surface area contributed by atoms with Gasteiger partial charge in [0.2, 0.25) is 5.82 Å². The highest BCUT2D eigenvalue weighted by atomic mass is 19.1. The second-order valence-electron chi connectivity index (χ2n) is 9.12. The number of primary amides is 1. The van der Waals surface area contributed by atoms with Crippen LogP contribution in [-0.4, -0.2) is 44.8 Å². The number of hydrogen-bond donors (Lipinski definition) is 1. The fourth-order valence-corrected chi connectivity index (χ4v) is 4.53. The lowest BCUT2D eigenvalue weighted by Crippen LogP contribution is -2.20. The van der Waals surface area contributed by atoms with Gasteiger partial charge in [0.15, 0.2) is 0 Å². The molecule has 6 nitrogen and oxygen atoms in total. The Morgan fingerprint density at radius 2 is 1.51 bits per heavy atom. The third-order valence-corrected chi connectivity index (χ3v) is 6.44. The van der Waals surface area contributed by atoms with E-state index in [0.717, 1.165) is 25.2 Å². The normalized spacial score (nSPS) is 16.0. The first-order valence-corrected chi connectivity index (χ1v) is 11.8. The maximum Gasteiger partial charge on any atom is 0.288 e. The molecule has 1 atom stereocenters. The van der Waals surface area contributed by atoms with Crippen molar-refractivity contribution in [2.75, 3.05) is 13.1 Å². The van der Waals surface area contributed by atoms with Gasteiger partial charge in [-0.05, 0) is 59.7 Å². The highest BCUT2D eigenvalue weighted by Crippen LogP contribution is 2.23. The van der Waals surface area contributed by atoms with Crippen LogP contribution >= 0.6 is 0 Å². The van der Waals surface area contributed by atoms with Crippen molar-refractivity contribution in [2.45, 2.75) is 32.5 Å². The average Bonchev–Trinajstić information content (AvgIpc) is 3.46. The van der Waals surface area contributed by atoms with Crippen LogP contribution in [0.2, 0.25) is 0 Å². The first-order chi connectivity index (χ1) is 16.9. The summed E-state index contributed by atoms with van der Waals surface area (Å²) in [7, 11) is 0. The standard InChI is InChI=1S/C28H28FN5O/c1-19-31-28(27(30)35)32-34(19)26-12-6-21(7-13-26)16-20-2-8-23(9-3-20)24-10-4-22(5-11-24)17-33-15-14-25(29)18-33/h2-13,25H,14-18H2,1H3,(H2,30,35)/t25-/m0/s1. The number of hydrogen-bond acceptors (Lipinski definition) is 4. The van der Waals surface area contributed by atoms with E-state index in [1.54, 1.807) is 11.6 Å². The maximum absolute atomic E-state index is 13.4. The van der Waals surface area contributed by atoms with Crippen molar-refractivity contribution >= 4 is 5.91 Å². The molecular weight excluding hydrogens is 441 g/mol. The zero-order chi connectivity index (χ0) is 24.4. The number of carbonyl (C=O) groups excluding carboxylic acids is 1. The topological polar surface area (TPSA) is 77.0 Å². The summed E-state index contributed by atoms with van der Waals surface area (Å²) in [5.41, 5.74) is 12.1. The minimum atomic E-state index is -0.680. The molecule has 0 saturated carbocycles. The predicted molar refractivity (Wildman–Crippen MR) is 134 cm³/mol. The van der Waals surface area contributed by atoms with Crippen molar-refractivity contribution in [3.8, 4) is 16.8 Å². The summed E-state index contributed by atoms with van der Waals surface area (Å²) >= 11 is 0. The molecule has 5 rings (SSSR count). The molecule has 1 saturated heterocycles. The van der Waals surface area contributed by atoms with Crippen LogP contribution in [0, 0.1) is 6.92 Å². The Kier molecular flexibility index (Phi) is 6.42. The van der Waals surface area contributed by atoms with Crippen LogP contribution in [0.15, 0.2) is 72.8 Å². The van der Waals surface area contributed by atoms with E-state index >= 15 is 0 Å². The van der Waals surface area contributed by atoms with Crippen LogP contribution in [0.4, 0.5) is 4.39 Å². The fraction of sp³-hybridized carbons (Fsp3) is 0.250. The summed E-state index contributed by atoms with van der Waals surface area (Å²) in [5.74, 6) is -0.0105. The van der Waals surface area contributed by atoms with Gasteiger partial charge in [0.05, 0.1) is 5.69 Å². The van der Waals surface area contributed by atoms with Crippen LogP contribution in [0.3, 0.4) is 0 Å². The van der Waals surface area contributed by atoms with Crippen LogP contribution < -0.4 is 5.73 Å². The number of carbonyl (C=O) groups is 1. The molecule has 7 heteroatoms. The number of rotatable bonds is 7. The highest BCUT2D eigenvalue weighted by molar-refractivity contribution is 5.88. The lowest BCUT2D eigenvalue weighted by atomic mass is 9.99. The van der Waals surface area contributed by atoms with Crippen LogP contribution in [-0.2, 0) is 13.0 Å². The van der Waals surface area contributed by atoms with E-state index in [9.17, 15) is 9.18 Å². The molecule has 2 heterocycles. The minimum absolute atomic E-state index is 0.0165. The zero-order valence-electron chi connectivity index (χ0n) is 19.7. The predicted octanol–water partition coefficient (Wildman–Crippen LogP) is 4.48. The van der Waals surface area contributed by atoms with Gasteiger partial charge in [-0.15, -0.1) is 5.10 Å². The molecule has 1 amide bonds. The number of benzene rings is 3. The molecule has 1 fully saturated rings. The first kappa shape index (κ1) is 22.9. The molecule has 1 aliphatic rings. The van der Waals surface area contributed by atoms with E-state index < -0.39 is 12.1 Å². The van der Waals surface area contributed by atoms with Crippen molar-refractivity contribution in [2.24, 2.45) is 5.73 Å². The first-order valence-electron chi connectivity index (χ1n) is 11.8. The average molecular weight is 470 g/mol. The lowest BCUT2D eigenvalue weighted by molar-refractivity contribution is 0.0990. The number of amides is 1. The SMILES string of the molecule is Cc1nc(C(N)=O)nn1-c1ccc(Cc2ccc(-c3ccc(CN4CC[C@H](F)C4)cc3)cc2)cc1. The molecule has 0 radical (unpaired) electrons. The van der Waals surface area contributed by atoms with Gasteiger partial charge in [-0.2, -0.15) is 0 Å². The number of likely N-dealkylation sites (tertiary alicyclic amines) is 1. The van der Waals surface area contributed by atoms with E-state index in [2.05, 4.69) is 75.6 Å². The Balaban J connectivity index is 1.22. The van der Waals surface area contributed by atoms with E-state index in [4.69, 9.17) is 5.73 Å². The van der Waals surface area contributed by atoms with Crippen LogP contribution in [0.5, 0.6) is 0 Å². The van der Waals surface area contributed by atoms with E-state index in [0.29, 0.717) is 18.8 Å². The third-order valence-electron chi connectivity index (χ3n) is 6.44. The Bertz CT molecular complexity index is 1310. The number of nitrogens with zero attached hydrogens (tertiary/aromatic N) is 4. The summed E-state index contributed by atoms with van der Waals surface area (Å²) in [6, 6.07) is 25.2. The van der Waals surface area contributed by atoms with Crippen molar-refractivity contribution in [1.82, 2.24) is 19.7 Å². The van der Waals surface area contributed by atoms with Gasteiger partial charge < -0.3 is 5.73 Å². The quantitative estimate of drug-likeness (QED) is 0.433. The van der Waals surface area contributed by atoms with Crippen LogP contribution in [0.25, 0.3) is 16.8 Å². The van der Waals surface area contributed by atoms with Gasteiger partial charge >= 0.3 is 0 Å². The minimum Gasteiger partial charge on any atom is -0.363 e. The third kappa shape index (κ3) is 5.30. The maximum atomic E-state index is 13.4. The molecule has 0 spiro atoms. The van der Waals surface area contributed by atoms with Gasteiger partial charge in [-0.3, -0.25) is 9.69 Å². The van der Waals surface area contributed by atoms with Crippen molar-refractivity contribution < 1.29 is 9.18 Å². The molecule has 1 aromatic heterocycles. The Labute approximate surface area is 204 Å². The van der Waals surface area contributed by atoms with Crippen LogP contribution in [0.1, 0.15) is 39.6 Å². The molecule has 1 aliphatic heterocycles. The molecule has 0 unspecified atom stereocenters. The monoisotopic (exact) mass is 469 g/mol. The highest BCUT2D eigenvalue weighted by Gasteiger charge is 2.21. The molecule has 178 valence electrons. The van der Waals surface area contributed by atoms with Gasteiger partial charge in [0.1, 0.15) is 12.0 Å². The Morgan fingerprint density at radius 3 is 2.03 bits per heavy atom. The molecule has 35 heavy (non-hydrogen) atoms.